The Morgan fingerprint density at radius 1 is 0.838 bits per heavy atom. The van der Waals surface area contributed by atoms with Gasteiger partial charge in [-0.2, -0.15) is 0 Å². The number of imide groups is 1. The number of unbranched alkanes of at least 4 members (excludes halogenated alkanes) is 1. The van der Waals surface area contributed by atoms with Gasteiger partial charge in [0.15, 0.2) is 6.10 Å². The fraction of sp³-hybridized carbons (Fsp3) is 0.355. The van der Waals surface area contributed by atoms with Crippen LogP contribution in [0.5, 0.6) is 5.75 Å². The average Bonchev–Trinajstić information content (AvgIpc) is 3.41. The number of anilines is 2. The van der Waals surface area contributed by atoms with E-state index in [1.54, 1.807) is 29.3 Å². The van der Waals surface area contributed by atoms with Gasteiger partial charge in [0.1, 0.15) is 11.7 Å². The van der Waals surface area contributed by atoms with Crippen molar-refractivity contribution < 1.29 is 19.2 Å². The van der Waals surface area contributed by atoms with E-state index in [1.807, 2.05) is 30.3 Å². The molecule has 0 spiro atoms. The second-order valence-electron chi connectivity index (χ2n) is 10.7. The van der Waals surface area contributed by atoms with Gasteiger partial charge < -0.3 is 4.74 Å². The molecule has 0 saturated carbocycles. The molecule has 37 heavy (non-hydrogen) atoms. The van der Waals surface area contributed by atoms with Crippen LogP contribution < -0.4 is 14.7 Å². The fourth-order valence-corrected chi connectivity index (χ4v) is 5.01. The first-order valence-electron chi connectivity index (χ1n) is 13.0. The standard InChI is InChI=1S/C31H34N2O4/c1-5-6-20-36-25-18-16-23(17-19-25)32-29(34)26-27(21-12-14-22(15-13-21)31(2,3)4)33(37-28(26)30(32)35)24-10-8-7-9-11-24/h7-19,26-28H,5-6,20H2,1-4H3/t26-,27-,28-/m1/s1. The Balaban J connectivity index is 1.47. The van der Waals surface area contributed by atoms with Crippen molar-refractivity contribution in [2.24, 2.45) is 5.92 Å². The summed E-state index contributed by atoms with van der Waals surface area (Å²) in [6, 6.07) is 24.7. The summed E-state index contributed by atoms with van der Waals surface area (Å²) in [6.45, 7) is 9.26. The summed E-state index contributed by atoms with van der Waals surface area (Å²) in [5.74, 6) is -0.532. The van der Waals surface area contributed by atoms with Crippen molar-refractivity contribution >= 4 is 23.2 Å². The first-order valence-corrected chi connectivity index (χ1v) is 13.0. The lowest BCUT2D eigenvalue weighted by Crippen LogP contribution is -2.37. The van der Waals surface area contributed by atoms with E-state index in [0.29, 0.717) is 12.3 Å². The van der Waals surface area contributed by atoms with Crippen LogP contribution in [0.2, 0.25) is 0 Å². The molecule has 6 heteroatoms. The van der Waals surface area contributed by atoms with Gasteiger partial charge in [0, 0.05) is 0 Å². The highest BCUT2D eigenvalue weighted by Crippen LogP contribution is 2.47. The lowest BCUT2D eigenvalue weighted by Gasteiger charge is -2.29. The lowest BCUT2D eigenvalue weighted by atomic mass is 9.84. The van der Waals surface area contributed by atoms with E-state index in [-0.39, 0.29) is 17.2 Å². The molecule has 3 aromatic carbocycles. The van der Waals surface area contributed by atoms with Crippen LogP contribution in [0.15, 0.2) is 78.9 Å². The quantitative estimate of drug-likeness (QED) is 0.286. The summed E-state index contributed by atoms with van der Waals surface area (Å²) < 4.78 is 5.74. The molecule has 0 aliphatic carbocycles. The third kappa shape index (κ3) is 4.74. The number of amides is 2. The normalized spacial score (nSPS) is 21.5. The van der Waals surface area contributed by atoms with E-state index in [0.717, 1.165) is 29.8 Å². The molecule has 3 atom stereocenters. The molecule has 0 radical (unpaired) electrons. The van der Waals surface area contributed by atoms with Crippen molar-refractivity contribution in [1.29, 1.82) is 0 Å². The minimum absolute atomic E-state index is 0.00865. The van der Waals surface area contributed by atoms with Gasteiger partial charge in [-0.25, -0.2) is 9.96 Å². The highest BCUT2D eigenvalue weighted by atomic mass is 16.7. The molecule has 2 aliphatic heterocycles. The van der Waals surface area contributed by atoms with Crippen LogP contribution in [-0.4, -0.2) is 24.5 Å². The number of ether oxygens (including phenoxy) is 1. The number of nitrogens with zero attached hydrogens (tertiary/aromatic N) is 2. The maximum Gasteiger partial charge on any atom is 0.266 e. The van der Waals surface area contributed by atoms with Crippen LogP contribution in [0.1, 0.15) is 57.7 Å². The average molecular weight is 499 g/mol. The zero-order valence-corrected chi connectivity index (χ0v) is 21.9. The van der Waals surface area contributed by atoms with Gasteiger partial charge in [-0.15, -0.1) is 0 Å². The fourth-order valence-electron chi connectivity index (χ4n) is 5.01. The van der Waals surface area contributed by atoms with Gasteiger partial charge in [0.2, 0.25) is 5.91 Å². The Morgan fingerprint density at radius 2 is 1.51 bits per heavy atom. The van der Waals surface area contributed by atoms with Crippen LogP contribution in [0.25, 0.3) is 0 Å². The molecular weight excluding hydrogens is 464 g/mol. The third-order valence-corrected chi connectivity index (χ3v) is 7.11. The zero-order valence-electron chi connectivity index (χ0n) is 21.9. The molecule has 0 unspecified atom stereocenters. The smallest absolute Gasteiger partial charge is 0.266 e. The second kappa shape index (κ2) is 10.0. The summed E-state index contributed by atoms with van der Waals surface area (Å²) in [5, 5.41) is 1.74. The third-order valence-electron chi connectivity index (χ3n) is 7.11. The minimum Gasteiger partial charge on any atom is -0.494 e. The molecule has 0 aromatic heterocycles. The van der Waals surface area contributed by atoms with Crippen molar-refractivity contribution in [2.75, 3.05) is 16.6 Å². The van der Waals surface area contributed by atoms with E-state index >= 15 is 0 Å². The van der Waals surface area contributed by atoms with Crippen LogP contribution >= 0.6 is 0 Å². The number of benzene rings is 3. The van der Waals surface area contributed by atoms with Crippen molar-refractivity contribution in [3.05, 3.63) is 90.0 Å². The Hall–Kier alpha value is -3.64. The Morgan fingerprint density at radius 3 is 2.14 bits per heavy atom. The van der Waals surface area contributed by atoms with Crippen LogP contribution in [0.3, 0.4) is 0 Å². The zero-order chi connectivity index (χ0) is 26.2. The summed E-state index contributed by atoms with van der Waals surface area (Å²) in [5.41, 5.74) is 3.49. The monoisotopic (exact) mass is 498 g/mol. The first-order chi connectivity index (χ1) is 17.8. The molecule has 0 N–H and O–H groups in total. The summed E-state index contributed by atoms with van der Waals surface area (Å²) in [7, 11) is 0. The van der Waals surface area contributed by atoms with Crippen molar-refractivity contribution in [2.45, 2.75) is 58.1 Å². The van der Waals surface area contributed by atoms with Crippen molar-refractivity contribution in [3.8, 4) is 5.75 Å². The molecule has 192 valence electrons. The molecular formula is C31H34N2O4. The van der Waals surface area contributed by atoms with Gasteiger partial charge in [0.05, 0.1) is 24.0 Å². The van der Waals surface area contributed by atoms with E-state index in [4.69, 9.17) is 9.57 Å². The van der Waals surface area contributed by atoms with Gasteiger partial charge in [-0.05, 0) is 59.4 Å². The number of rotatable bonds is 7. The number of hydrogen-bond acceptors (Lipinski definition) is 5. The maximum atomic E-state index is 13.8. The molecule has 3 aromatic rings. The van der Waals surface area contributed by atoms with Crippen molar-refractivity contribution in [3.63, 3.8) is 0 Å². The molecule has 2 aliphatic rings. The molecule has 6 nitrogen and oxygen atoms in total. The first kappa shape index (κ1) is 25.0. The Bertz CT molecular complexity index is 1250. The number of para-hydroxylation sites is 1. The summed E-state index contributed by atoms with van der Waals surface area (Å²) in [6.07, 6.45) is 1.14. The topological polar surface area (TPSA) is 59.1 Å². The molecule has 2 fully saturated rings. The number of carbonyl (C=O) groups is 2. The predicted octanol–water partition coefficient (Wildman–Crippen LogP) is 6.21. The van der Waals surface area contributed by atoms with Crippen LogP contribution in [0, 0.1) is 5.92 Å². The number of hydroxylamine groups is 1. The SMILES string of the molecule is CCCCOc1ccc(N2C(=O)[C@@H]3[C@@H](c4ccc(C(C)(C)C)cc4)N(c4ccccc4)O[C@H]3C2=O)cc1. The summed E-state index contributed by atoms with van der Waals surface area (Å²) >= 11 is 0. The van der Waals surface area contributed by atoms with E-state index < -0.39 is 18.1 Å². The van der Waals surface area contributed by atoms with Crippen LogP contribution in [-0.2, 0) is 19.8 Å². The second-order valence-corrected chi connectivity index (χ2v) is 10.7. The molecule has 0 bridgehead atoms. The van der Waals surface area contributed by atoms with E-state index in [1.165, 1.54) is 10.5 Å². The highest BCUT2D eigenvalue weighted by Gasteiger charge is 2.60. The molecule has 2 amide bonds. The molecule has 2 saturated heterocycles. The maximum absolute atomic E-state index is 13.8. The van der Waals surface area contributed by atoms with Crippen LogP contribution in [0.4, 0.5) is 11.4 Å². The summed E-state index contributed by atoms with van der Waals surface area (Å²) in [4.78, 5) is 34.9. The lowest BCUT2D eigenvalue weighted by molar-refractivity contribution is -0.126. The van der Waals surface area contributed by atoms with Crippen molar-refractivity contribution in [1.82, 2.24) is 0 Å². The number of hydrogen-bond donors (Lipinski definition) is 0. The number of carbonyl (C=O) groups excluding carboxylic acids is 2. The van der Waals surface area contributed by atoms with Gasteiger partial charge in [-0.1, -0.05) is 76.6 Å². The largest absolute Gasteiger partial charge is 0.494 e. The Labute approximate surface area is 218 Å². The van der Waals surface area contributed by atoms with E-state index in [2.05, 4.69) is 52.0 Å². The predicted molar refractivity (Wildman–Crippen MR) is 145 cm³/mol. The highest BCUT2D eigenvalue weighted by molar-refractivity contribution is 6.23. The minimum atomic E-state index is -0.888. The van der Waals surface area contributed by atoms with E-state index in [9.17, 15) is 9.59 Å². The Kier molecular flexibility index (Phi) is 6.78. The number of fused-ring (bicyclic) bond motifs is 1. The van der Waals surface area contributed by atoms with Gasteiger partial charge in [-0.3, -0.25) is 14.4 Å². The van der Waals surface area contributed by atoms with Gasteiger partial charge in [0.25, 0.3) is 5.91 Å². The molecule has 5 rings (SSSR count). The van der Waals surface area contributed by atoms with Gasteiger partial charge >= 0.3 is 0 Å². The molecule has 2 heterocycles.